The van der Waals surface area contributed by atoms with E-state index in [0.717, 1.165) is 18.7 Å². The zero-order chi connectivity index (χ0) is 14.0. The monoisotopic (exact) mass is 263 g/mol. The van der Waals surface area contributed by atoms with Crippen LogP contribution in [0.5, 0.6) is 5.75 Å². The maximum atomic E-state index is 11.4. The van der Waals surface area contributed by atoms with Crippen molar-refractivity contribution in [3.8, 4) is 5.75 Å². The second kappa shape index (κ2) is 5.38. The lowest BCUT2D eigenvalue weighted by atomic mass is 10.1. The zero-order valence-corrected chi connectivity index (χ0v) is 11.7. The molecule has 1 aromatic carbocycles. The number of fused-ring (bicyclic) bond motifs is 1. The summed E-state index contributed by atoms with van der Waals surface area (Å²) in [6.07, 6.45) is 1.04. The fraction of sp³-hybridized carbons (Fsp3) is 0.500. The highest BCUT2D eigenvalue weighted by Gasteiger charge is 2.21. The third kappa shape index (κ3) is 2.75. The van der Waals surface area contributed by atoms with E-state index in [4.69, 9.17) is 10.5 Å². The Morgan fingerprint density at radius 1 is 1.47 bits per heavy atom. The molecule has 0 radical (unpaired) electrons. The van der Waals surface area contributed by atoms with Crippen molar-refractivity contribution in [2.24, 2.45) is 0 Å². The first-order chi connectivity index (χ1) is 9.02. The van der Waals surface area contributed by atoms with Crippen molar-refractivity contribution in [3.05, 3.63) is 12.1 Å². The lowest BCUT2D eigenvalue weighted by Crippen LogP contribution is -2.32. The molecule has 0 bridgehead atoms. The molecular weight excluding hydrogens is 242 g/mol. The minimum absolute atomic E-state index is 0.0502. The first-order valence-corrected chi connectivity index (χ1v) is 6.65. The number of amides is 1. The molecule has 2 rings (SSSR count). The molecule has 3 N–H and O–H groups in total. The molecular formula is C14H21N3O2. The number of anilines is 3. The van der Waals surface area contributed by atoms with Crippen LogP contribution < -0.4 is 20.7 Å². The molecule has 0 fully saturated rings. The maximum absolute atomic E-state index is 11.4. The fourth-order valence-electron chi connectivity index (χ4n) is 2.28. The summed E-state index contributed by atoms with van der Waals surface area (Å²) in [7, 11) is 0. The molecule has 0 spiro atoms. The summed E-state index contributed by atoms with van der Waals surface area (Å²) in [5, 5.41) is 2.82. The minimum Gasteiger partial charge on any atom is -0.482 e. The number of nitrogen functional groups attached to an aromatic ring is 1. The summed E-state index contributed by atoms with van der Waals surface area (Å²) < 4.78 is 5.36. The van der Waals surface area contributed by atoms with E-state index in [1.54, 1.807) is 6.07 Å². The van der Waals surface area contributed by atoms with Crippen LogP contribution in [0.4, 0.5) is 17.1 Å². The Kier molecular flexibility index (Phi) is 3.83. The molecule has 0 unspecified atom stereocenters. The number of ether oxygens (including phenoxy) is 1. The summed E-state index contributed by atoms with van der Waals surface area (Å²) >= 11 is 0. The Morgan fingerprint density at radius 2 is 2.21 bits per heavy atom. The van der Waals surface area contributed by atoms with Crippen LogP contribution in [0.15, 0.2) is 12.1 Å². The van der Waals surface area contributed by atoms with Crippen molar-refractivity contribution in [3.63, 3.8) is 0 Å². The van der Waals surface area contributed by atoms with Crippen molar-refractivity contribution in [2.75, 3.05) is 29.1 Å². The number of nitrogens with one attached hydrogen (secondary N) is 1. The third-order valence-corrected chi connectivity index (χ3v) is 3.16. The lowest BCUT2D eigenvalue weighted by molar-refractivity contribution is -0.118. The van der Waals surface area contributed by atoms with Crippen molar-refractivity contribution in [2.45, 2.75) is 33.2 Å². The third-order valence-electron chi connectivity index (χ3n) is 3.16. The van der Waals surface area contributed by atoms with Gasteiger partial charge in [-0.3, -0.25) is 4.79 Å². The van der Waals surface area contributed by atoms with Gasteiger partial charge in [0.15, 0.2) is 6.61 Å². The quantitative estimate of drug-likeness (QED) is 0.817. The molecule has 0 aliphatic carbocycles. The minimum atomic E-state index is -0.130. The molecule has 19 heavy (non-hydrogen) atoms. The first-order valence-electron chi connectivity index (χ1n) is 6.65. The Labute approximate surface area is 113 Å². The fourth-order valence-corrected chi connectivity index (χ4v) is 2.28. The topological polar surface area (TPSA) is 67.6 Å². The summed E-state index contributed by atoms with van der Waals surface area (Å²) in [6.45, 7) is 7.37. The molecule has 104 valence electrons. The number of benzene rings is 1. The van der Waals surface area contributed by atoms with Crippen LogP contribution in [0, 0.1) is 0 Å². The van der Waals surface area contributed by atoms with E-state index in [2.05, 4.69) is 31.0 Å². The highest BCUT2D eigenvalue weighted by Crippen LogP contribution is 2.37. The summed E-state index contributed by atoms with van der Waals surface area (Å²) in [5.41, 5.74) is 8.43. The molecule has 1 aromatic rings. The van der Waals surface area contributed by atoms with Gasteiger partial charge in [0.05, 0.1) is 17.1 Å². The highest BCUT2D eigenvalue weighted by molar-refractivity contribution is 5.97. The molecule has 5 nitrogen and oxygen atoms in total. The van der Waals surface area contributed by atoms with Crippen molar-refractivity contribution in [1.29, 1.82) is 0 Å². The van der Waals surface area contributed by atoms with Crippen molar-refractivity contribution >= 4 is 23.0 Å². The number of rotatable bonds is 4. The maximum Gasteiger partial charge on any atom is 0.262 e. The number of nitrogens with zero attached hydrogens (tertiary/aromatic N) is 1. The van der Waals surface area contributed by atoms with E-state index in [9.17, 15) is 4.79 Å². The van der Waals surface area contributed by atoms with E-state index in [1.165, 1.54) is 0 Å². The smallest absolute Gasteiger partial charge is 0.262 e. The van der Waals surface area contributed by atoms with E-state index < -0.39 is 0 Å². The Balaban J connectivity index is 2.40. The van der Waals surface area contributed by atoms with Crippen LogP contribution in [0.1, 0.15) is 27.2 Å². The lowest BCUT2D eigenvalue weighted by Gasteiger charge is -2.31. The van der Waals surface area contributed by atoms with Gasteiger partial charge < -0.3 is 20.7 Å². The van der Waals surface area contributed by atoms with Crippen LogP contribution in [0.2, 0.25) is 0 Å². The van der Waals surface area contributed by atoms with Crippen LogP contribution >= 0.6 is 0 Å². The van der Waals surface area contributed by atoms with Crippen molar-refractivity contribution < 1.29 is 9.53 Å². The van der Waals surface area contributed by atoms with E-state index >= 15 is 0 Å². The molecule has 0 atom stereocenters. The van der Waals surface area contributed by atoms with Gasteiger partial charge in [0.2, 0.25) is 0 Å². The highest BCUT2D eigenvalue weighted by atomic mass is 16.5. The number of carbonyl (C=O) groups excluding carboxylic acids is 1. The Bertz CT molecular complexity index is 486. The van der Waals surface area contributed by atoms with Gasteiger partial charge in [0.1, 0.15) is 5.75 Å². The number of hydrogen-bond acceptors (Lipinski definition) is 4. The van der Waals surface area contributed by atoms with E-state index in [1.807, 2.05) is 6.07 Å². The van der Waals surface area contributed by atoms with E-state index in [-0.39, 0.29) is 12.5 Å². The summed E-state index contributed by atoms with van der Waals surface area (Å²) in [6, 6.07) is 4.03. The normalized spacial score (nSPS) is 13.8. The molecule has 1 aliphatic heterocycles. The SMILES string of the molecule is CCCN(c1cc2c(cc1N)OCC(=O)N2)C(C)C. The number of nitrogens with two attached hydrogens (primary N) is 1. The molecule has 1 aliphatic rings. The van der Waals surface area contributed by atoms with Gasteiger partial charge in [-0.25, -0.2) is 0 Å². The molecule has 0 aromatic heterocycles. The van der Waals surface area contributed by atoms with E-state index in [0.29, 0.717) is 23.2 Å². The molecule has 5 heteroatoms. The average Bonchev–Trinajstić information content (AvgIpc) is 2.35. The van der Waals surface area contributed by atoms with Crippen LogP contribution in [-0.4, -0.2) is 25.1 Å². The zero-order valence-electron chi connectivity index (χ0n) is 11.7. The molecule has 0 saturated carbocycles. The van der Waals surface area contributed by atoms with Gasteiger partial charge in [-0.15, -0.1) is 0 Å². The predicted octanol–water partition coefficient (Wildman–Crippen LogP) is 2.22. The average molecular weight is 263 g/mol. The molecule has 0 saturated heterocycles. The van der Waals surface area contributed by atoms with Crippen LogP contribution in [-0.2, 0) is 4.79 Å². The molecule has 1 amide bonds. The van der Waals surface area contributed by atoms with Crippen molar-refractivity contribution in [1.82, 2.24) is 0 Å². The van der Waals surface area contributed by atoms with Gasteiger partial charge >= 0.3 is 0 Å². The van der Waals surface area contributed by atoms with Gasteiger partial charge in [-0.1, -0.05) is 6.92 Å². The van der Waals surface area contributed by atoms with Gasteiger partial charge in [0, 0.05) is 18.7 Å². The summed E-state index contributed by atoms with van der Waals surface area (Å²) in [4.78, 5) is 13.6. The largest absolute Gasteiger partial charge is 0.482 e. The Hall–Kier alpha value is -1.91. The number of hydrogen-bond donors (Lipinski definition) is 2. The van der Waals surface area contributed by atoms with Gasteiger partial charge in [0.25, 0.3) is 5.91 Å². The van der Waals surface area contributed by atoms with Crippen LogP contribution in [0.25, 0.3) is 0 Å². The second-order valence-electron chi connectivity index (χ2n) is 5.03. The standard InChI is InChI=1S/C14H21N3O2/c1-4-5-17(9(2)3)12-7-11-13(6-10(12)15)19-8-14(18)16-11/h6-7,9H,4-5,8,15H2,1-3H3,(H,16,18). The number of carbonyl (C=O) groups is 1. The van der Waals surface area contributed by atoms with Crippen LogP contribution in [0.3, 0.4) is 0 Å². The van der Waals surface area contributed by atoms with Gasteiger partial charge in [-0.2, -0.15) is 0 Å². The summed E-state index contributed by atoms with van der Waals surface area (Å²) in [5.74, 6) is 0.510. The molecule has 1 heterocycles. The second-order valence-corrected chi connectivity index (χ2v) is 5.03. The van der Waals surface area contributed by atoms with Gasteiger partial charge in [-0.05, 0) is 26.3 Å². The first kappa shape index (κ1) is 13.5. The Morgan fingerprint density at radius 3 is 2.84 bits per heavy atom. The predicted molar refractivity (Wildman–Crippen MR) is 77.8 cm³/mol.